The van der Waals surface area contributed by atoms with E-state index in [4.69, 9.17) is 5.11 Å². The molecule has 0 radical (unpaired) electrons. The van der Waals surface area contributed by atoms with Gasteiger partial charge in [-0.25, -0.2) is 9.59 Å². The summed E-state index contributed by atoms with van der Waals surface area (Å²) in [7, 11) is 1.58. The van der Waals surface area contributed by atoms with Crippen molar-refractivity contribution in [1.82, 2.24) is 10.2 Å². The molecule has 0 bridgehead atoms. The minimum Gasteiger partial charge on any atom is -0.478 e. The first-order chi connectivity index (χ1) is 8.22. The minimum absolute atomic E-state index is 0.00246. The van der Waals surface area contributed by atoms with E-state index in [0.29, 0.717) is 0 Å². The van der Waals surface area contributed by atoms with Crippen molar-refractivity contribution < 1.29 is 19.5 Å². The molecule has 0 fully saturated rings. The summed E-state index contributed by atoms with van der Waals surface area (Å²) in [5, 5.41) is 10.9. The van der Waals surface area contributed by atoms with E-state index in [1.165, 1.54) is 18.7 Å². The summed E-state index contributed by atoms with van der Waals surface area (Å²) in [4.78, 5) is 35.4. The lowest BCUT2D eigenvalue weighted by Gasteiger charge is -2.23. The van der Waals surface area contributed by atoms with E-state index in [2.05, 4.69) is 5.32 Å². The molecule has 1 unspecified atom stereocenters. The SMILES string of the molecule is CCC(C)N(C)C(=O)NC(=O)C(C)=C(C)C(=O)O. The molecule has 0 saturated carbocycles. The largest absolute Gasteiger partial charge is 0.478 e. The van der Waals surface area contributed by atoms with Gasteiger partial charge in [0, 0.05) is 24.2 Å². The van der Waals surface area contributed by atoms with E-state index in [0.717, 1.165) is 6.42 Å². The molecule has 1 atom stereocenters. The van der Waals surface area contributed by atoms with Crippen molar-refractivity contribution >= 4 is 17.9 Å². The highest BCUT2D eigenvalue weighted by molar-refractivity contribution is 6.07. The van der Waals surface area contributed by atoms with Gasteiger partial charge in [0.05, 0.1) is 0 Å². The lowest BCUT2D eigenvalue weighted by Crippen LogP contribution is -2.45. The van der Waals surface area contributed by atoms with Gasteiger partial charge in [-0.15, -0.1) is 0 Å². The number of amides is 3. The molecule has 6 heteroatoms. The van der Waals surface area contributed by atoms with Gasteiger partial charge in [0.25, 0.3) is 5.91 Å². The van der Waals surface area contributed by atoms with Gasteiger partial charge >= 0.3 is 12.0 Å². The second kappa shape index (κ2) is 6.78. The van der Waals surface area contributed by atoms with E-state index < -0.39 is 17.9 Å². The maximum Gasteiger partial charge on any atom is 0.331 e. The van der Waals surface area contributed by atoms with Crippen molar-refractivity contribution in [2.45, 2.75) is 40.2 Å². The van der Waals surface area contributed by atoms with Gasteiger partial charge in [0.1, 0.15) is 0 Å². The number of nitrogens with zero attached hydrogens (tertiary/aromatic N) is 1. The maximum atomic E-state index is 11.7. The van der Waals surface area contributed by atoms with E-state index >= 15 is 0 Å². The predicted molar refractivity (Wildman–Crippen MR) is 67.1 cm³/mol. The number of imide groups is 1. The number of carbonyl (C=O) groups excluding carboxylic acids is 2. The molecular weight excluding hydrogens is 236 g/mol. The molecule has 0 aliphatic heterocycles. The maximum absolute atomic E-state index is 11.7. The number of aliphatic carboxylic acids is 1. The molecule has 18 heavy (non-hydrogen) atoms. The summed E-state index contributed by atoms with van der Waals surface area (Å²) >= 11 is 0. The van der Waals surface area contributed by atoms with Crippen molar-refractivity contribution in [3.63, 3.8) is 0 Å². The average Bonchev–Trinajstić information content (AvgIpc) is 2.34. The smallest absolute Gasteiger partial charge is 0.331 e. The Morgan fingerprint density at radius 1 is 1.22 bits per heavy atom. The molecule has 0 aromatic heterocycles. The molecule has 0 rings (SSSR count). The molecule has 3 amide bonds. The molecule has 0 aliphatic rings. The molecule has 0 aromatic carbocycles. The van der Waals surface area contributed by atoms with Crippen LogP contribution in [0, 0.1) is 0 Å². The molecular formula is C12H20N2O4. The lowest BCUT2D eigenvalue weighted by atomic mass is 10.1. The molecule has 102 valence electrons. The number of urea groups is 1. The molecule has 2 N–H and O–H groups in total. The van der Waals surface area contributed by atoms with Gasteiger partial charge in [-0.2, -0.15) is 0 Å². The fourth-order valence-electron chi connectivity index (χ4n) is 1.08. The van der Waals surface area contributed by atoms with Gasteiger partial charge in [0.2, 0.25) is 0 Å². The third kappa shape index (κ3) is 4.20. The third-order valence-corrected chi connectivity index (χ3v) is 3.02. The summed E-state index contributed by atoms with van der Waals surface area (Å²) in [6, 6.07) is -0.533. The standard InChI is InChI=1S/C12H20N2O4/c1-6-7(2)14(5)12(18)13-10(15)8(3)9(4)11(16)17/h7H,6H2,1-5H3,(H,16,17)(H,13,15,18). The summed E-state index contributed by atoms with van der Waals surface area (Å²) in [5.74, 6) is -1.86. The van der Waals surface area contributed by atoms with E-state index in [9.17, 15) is 14.4 Å². The van der Waals surface area contributed by atoms with Gasteiger partial charge < -0.3 is 10.0 Å². The minimum atomic E-state index is -1.18. The second-order valence-corrected chi connectivity index (χ2v) is 4.18. The van der Waals surface area contributed by atoms with Gasteiger partial charge in [-0.3, -0.25) is 10.1 Å². The van der Waals surface area contributed by atoms with Crippen molar-refractivity contribution in [2.75, 3.05) is 7.05 Å². The first-order valence-electron chi connectivity index (χ1n) is 5.71. The quantitative estimate of drug-likeness (QED) is 0.744. The van der Waals surface area contributed by atoms with Crippen LogP contribution >= 0.6 is 0 Å². The number of carbonyl (C=O) groups is 3. The fourth-order valence-corrected chi connectivity index (χ4v) is 1.08. The number of hydrogen-bond donors (Lipinski definition) is 2. The Morgan fingerprint density at radius 3 is 2.11 bits per heavy atom. The van der Waals surface area contributed by atoms with Crippen LogP contribution in [0.4, 0.5) is 4.79 Å². The number of carboxylic acids is 1. The molecule has 6 nitrogen and oxygen atoms in total. The number of hydrogen-bond acceptors (Lipinski definition) is 3. The number of rotatable bonds is 4. The van der Waals surface area contributed by atoms with Crippen LogP contribution in [-0.2, 0) is 9.59 Å². The molecule has 0 aromatic rings. The van der Waals surface area contributed by atoms with Crippen LogP contribution in [0.15, 0.2) is 11.1 Å². The van der Waals surface area contributed by atoms with E-state index in [1.54, 1.807) is 7.05 Å². The zero-order valence-electron chi connectivity index (χ0n) is 11.4. The summed E-state index contributed by atoms with van der Waals surface area (Å²) in [6.45, 7) is 6.47. The average molecular weight is 256 g/mol. The van der Waals surface area contributed by atoms with Gasteiger partial charge in [-0.1, -0.05) is 6.92 Å². The van der Waals surface area contributed by atoms with Crippen molar-refractivity contribution in [1.29, 1.82) is 0 Å². The van der Waals surface area contributed by atoms with Crippen LogP contribution in [0.3, 0.4) is 0 Å². The summed E-state index contributed by atoms with van der Waals surface area (Å²) in [6.07, 6.45) is 0.765. The zero-order valence-corrected chi connectivity index (χ0v) is 11.4. The molecule has 0 saturated heterocycles. The topological polar surface area (TPSA) is 86.7 Å². The van der Waals surface area contributed by atoms with E-state index in [1.807, 2.05) is 13.8 Å². The van der Waals surface area contributed by atoms with Crippen LogP contribution in [-0.4, -0.2) is 41.0 Å². The highest BCUT2D eigenvalue weighted by Gasteiger charge is 2.19. The Morgan fingerprint density at radius 2 is 1.72 bits per heavy atom. The summed E-state index contributed by atoms with van der Waals surface area (Å²) < 4.78 is 0. The summed E-state index contributed by atoms with van der Waals surface area (Å²) in [5.41, 5.74) is -0.0557. The van der Waals surface area contributed by atoms with Crippen LogP contribution in [0.25, 0.3) is 0 Å². The van der Waals surface area contributed by atoms with Crippen molar-refractivity contribution in [3.8, 4) is 0 Å². The Balaban J connectivity index is 4.74. The Bertz CT molecular complexity index is 388. The molecule has 0 spiro atoms. The van der Waals surface area contributed by atoms with Gasteiger partial charge in [0.15, 0.2) is 0 Å². The van der Waals surface area contributed by atoms with Crippen LogP contribution in [0.5, 0.6) is 0 Å². The van der Waals surface area contributed by atoms with Gasteiger partial charge in [-0.05, 0) is 27.2 Å². The second-order valence-electron chi connectivity index (χ2n) is 4.18. The highest BCUT2D eigenvalue weighted by Crippen LogP contribution is 2.05. The lowest BCUT2D eigenvalue weighted by molar-refractivity contribution is -0.133. The third-order valence-electron chi connectivity index (χ3n) is 3.02. The zero-order chi connectivity index (χ0) is 14.5. The predicted octanol–water partition coefficient (Wildman–Crippen LogP) is 1.37. The van der Waals surface area contributed by atoms with Crippen molar-refractivity contribution in [3.05, 3.63) is 11.1 Å². The molecule has 0 heterocycles. The van der Waals surface area contributed by atoms with Crippen LogP contribution in [0.1, 0.15) is 34.1 Å². The highest BCUT2D eigenvalue weighted by atomic mass is 16.4. The Labute approximate surface area is 107 Å². The first kappa shape index (κ1) is 16.1. The number of nitrogens with one attached hydrogen (secondary N) is 1. The van der Waals surface area contributed by atoms with Crippen LogP contribution in [0.2, 0.25) is 0 Å². The Hall–Kier alpha value is -1.85. The fraction of sp³-hybridized carbons (Fsp3) is 0.583. The van der Waals surface area contributed by atoms with E-state index in [-0.39, 0.29) is 17.2 Å². The van der Waals surface area contributed by atoms with Crippen molar-refractivity contribution in [2.24, 2.45) is 0 Å². The monoisotopic (exact) mass is 256 g/mol. The van der Waals surface area contributed by atoms with Crippen LogP contribution < -0.4 is 5.32 Å². The first-order valence-corrected chi connectivity index (χ1v) is 5.71. The number of carboxylic acid groups (broad SMARTS) is 1. The molecule has 0 aliphatic carbocycles. The normalized spacial score (nSPS) is 13.4. The Kier molecular flexibility index (Phi) is 6.08.